The zero-order valence-electron chi connectivity index (χ0n) is 19.0. The first-order valence-corrected chi connectivity index (χ1v) is 10.9. The number of aromatic nitrogens is 5. The van der Waals surface area contributed by atoms with Gasteiger partial charge in [-0.15, -0.1) is 6.42 Å². The lowest BCUT2D eigenvalue weighted by atomic mass is 10.0. The van der Waals surface area contributed by atoms with E-state index in [2.05, 4.69) is 31.6 Å². The molecule has 0 bridgehead atoms. The van der Waals surface area contributed by atoms with Crippen LogP contribution in [0.2, 0.25) is 0 Å². The van der Waals surface area contributed by atoms with Gasteiger partial charge in [-0.25, -0.2) is 9.97 Å². The van der Waals surface area contributed by atoms with Gasteiger partial charge in [0, 0.05) is 36.4 Å². The molecule has 0 saturated heterocycles. The van der Waals surface area contributed by atoms with Crippen molar-refractivity contribution < 1.29 is 18.0 Å². The Kier molecular flexibility index (Phi) is 6.46. The van der Waals surface area contributed by atoms with Crippen molar-refractivity contribution in [1.82, 2.24) is 29.5 Å². The maximum Gasteiger partial charge on any atom is 0.435 e. The fraction of sp³-hybridized carbons (Fsp3) is 0.250. The monoisotopic (exact) mass is 481 g/mol. The Labute approximate surface area is 199 Å². The lowest BCUT2D eigenvalue weighted by Gasteiger charge is -2.12. The predicted molar refractivity (Wildman–Crippen MR) is 125 cm³/mol. The van der Waals surface area contributed by atoms with Gasteiger partial charge in [-0.2, -0.15) is 18.3 Å². The lowest BCUT2D eigenvalue weighted by Crippen LogP contribution is -2.23. The number of aryl methyl sites for hydroxylation is 1. The second kappa shape index (κ2) is 9.50. The third kappa shape index (κ3) is 4.68. The van der Waals surface area contributed by atoms with E-state index in [9.17, 15) is 18.0 Å². The molecule has 0 radical (unpaired) electrons. The first-order chi connectivity index (χ1) is 16.8. The van der Waals surface area contributed by atoms with Crippen molar-refractivity contribution in [1.29, 1.82) is 0 Å². The molecule has 1 aromatic carbocycles. The van der Waals surface area contributed by atoms with E-state index in [-0.39, 0.29) is 23.7 Å². The van der Waals surface area contributed by atoms with E-state index in [0.29, 0.717) is 35.7 Å². The Morgan fingerprint density at radius 3 is 2.71 bits per heavy atom. The standard InChI is InChI=1S/C24H22F3N7O/c1-4-10-33-14-18(20(32-33)24(25,26)27)19-13-30-22-21(29-9-11-34(19)22)31-16-7-8-17(15(5-2)12-16)23(35)28-6-3/h1,7-9,11-14H,5-6,10H2,2-3H3,(H,28,35)(H,29,31). The van der Waals surface area contributed by atoms with E-state index in [4.69, 9.17) is 6.42 Å². The average Bonchev–Trinajstić information content (AvgIpc) is 3.44. The van der Waals surface area contributed by atoms with Gasteiger partial charge in [-0.1, -0.05) is 12.8 Å². The lowest BCUT2D eigenvalue weighted by molar-refractivity contribution is -0.141. The third-order valence-corrected chi connectivity index (χ3v) is 5.32. The molecule has 1 amide bonds. The Hall–Kier alpha value is -4.33. The smallest absolute Gasteiger partial charge is 0.352 e. The second-order valence-corrected chi connectivity index (χ2v) is 7.61. The topological polar surface area (TPSA) is 89.1 Å². The highest BCUT2D eigenvalue weighted by Gasteiger charge is 2.38. The van der Waals surface area contributed by atoms with Crippen molar-refractivity contribution in [2.45, 2.75) is 33.0 Å². The van der Waals surface area contributed by atoms with Crippen molar-refractivity contribution in [3.8, 4) is 23.6 Å². The normalized spacial score (nSPS) is 11.4. The summed E-state index contributed by atoms with van der Waals surface area (Å²) in [6, 6.07) is 5.30. The van der Waals surface area contributed by atoms with Gasteiger partial charge in [-0.05, 0) is 37.1 Å². The van der Waals surface area contributed by atoms with Crippen molar-refractivity contribution in [2.24, 2.45) is 0 Å². The number of terminal acetylenes is 1. The summed E-state index contributed by atoms with van der Waals surface area (Å²) < 4.78 is 43.6. The fourth-order valence-electron chi connectivity index (χ4n) is 3.78. The van der Waals surface area contributed by atoms with Crippen molar-refractivity contribution in [3.05, 3.63) is 59.8 Å². The number of fused-ring (bicyclic) bond motifs is 1. The highest BCUT2D eigenvalue weighted by Crippen LogP contribution is 2.37. The summed E-state index contributed by atoms with van der Waals surface area (Å²) in [5, 5.41) is 9.57. The minimum absolute atomic E-state index is 0.0970. The molecule has 0 fully saturated rings. The van der Waals surface area contributed by atoms with Crippen LogP contribution in [0.5, 0.6) is 0 Å². The van der Waals surface area contributed by atoms with E-state index in [0.717, 1.165) is 10.2 Å². The van der Waals surface area contributed by atoms with Gasteiger partial charge in [0.25, 0.3) is 5.91 Å². The van der Waals surface area contributed by atoms with Crippen LogP contribution in [0.1, 0.15) is 35.5 Å². The number of hydrogen-bond donors (Lipinski definition) is 2. The number of halogens is 3. The fourth-order valence-corrected chi connectivity index (χ4v) is 3.78. The molecule has 8 nitrogen and oxygen atoms in total. The van der Waals surface area contributed by atoms with Crippen LogP contribution in [-0.2, 0) is 19.1 Å². The highest BCUT2D eigenvalue weighted by atomic mass is 19.4. The maximum absolute atomic E-state index is 13.7. The van der Waals surface area contributed by atoms with E-state index in [1.807, 2.05) is 19.9 Å². The Morgan fingerprint density at radius 1 is 1.23 bits per heavy atom. The molecule has 4 rings (SSSR count). The largest absolute Gasteiger partial charge is 0.435 e. The van der Waals surface area contributed by atoms with Gasteiger partial charge >= 0.3 is 6.18 Å². The zero-order chi connectivity index (χ0) is 25.2. The molecule has 0 atom stereocenters. The van der Waals surface area contributed by atoms with Gasteiger partial charge in [0.1, 0.15) is 6.54 Å². The van der Waals surface area contributed by atoms with Crippen LogP contribution in [-0.4, -0.2) is 36.6 Å². The molecule has 0 aliphatic rings. The summed E-state index contributed by atoms with van der Waals surface area (Å²) in [5.41, 5.74) is 1.42. The Bertz CT molecular complexity index is 1430. The highest BCUT2D eigenvalue weighted by molar-refractivity contribution is 5.96. The van der Waals surface area contributed by atoms with Crippen LogP contribution in [0.15, 0.2) is 43.0 Å². The van der Waals surface area contributed by atoms with Crippen molar-refractivity contribution in [3.63, 3.8) is 0 Å². The number of carbonyl (C=O) groups is 1. The second-order valence-electron chi connectivity index (χ2n) is 7.61. The first-order valence-electron chi connectivity index (χ1n) is 10.9. The van der Waals surface area contributed by atoms with Crippen LogP contribution >= 0.6 is 0 Å². The third-order valence-electron chi connectivity index (χ3n) is 5.32. The quantitative estimate of drug-likeness (QED) is 0.384. The van der Waals surface area contributed by atoms with E-state index in [1.165, 1.54) is 29.2 Å². The number of nitrogens with one attached hydrogen (secondary N) is 2. The summed E-state index contributed by atoms with van der Waals surface area (Å²) >= 11 is 0. The number of amides is 1. The summed E-state index contributed by atoms with van der Waals surface area (Å²) in [7, 11) is 0. The molecule has 35 heavy (non-hydrogen) atoms. The molecular weight excluding hydrogens is 459 g/mol. The number of hydrogen-bond acceptors (Lipinski definition) is 5. The predicted octanol–water partition coefficient (Wildman–Crippen LogP) is 4.30. The number of imidazole rings is 1. The SMILES string of the molecule is C#CCn1cc(-c2cnc3c(Nc4ccc(C(=O)NCC)c(CC)c4)nccn23)c(C(F)(F)F)n1. The minimum Gasteiger partial charge on any atom is -0.352 e. The van der Waals surface area contributed by atoms with Gasteiger partial charge in [0.2, 0.25) is 0 Å². The number of benzene rings is 1. The van der Waals surface area contributed by atoms with Crippen molar-refractivity contribution in [2.75, 3.05) is 11.9 Å². The van der Waals surface area contributed by atoms with E-state index in [1.54, 1.807) is 12.1 Å². The zero-order valence-corrected chi connectivity index (χ0v) is 19.0. The molecule has 0 saturated carbocycles. The van der Waals surface area contributed by atoms with Crippen LogP contribution in [0.4, 0.5) is 24.7 Å². The van der Waals surface area contributed by atoms with Gasteiger partial charge < -0.3 is 10.6 Å². The van der Waals surface area contributed by atoms with Crippen LogP contribution in [0, 0.1) is 12.3 Å². The molecule has 4 aromatic rings. The summed E-state index contributed by atoms with van der Waals surface area (Å²) in [4.78, 5) is 20.9. The molecule has 2 N–H and O–H groups in total. The molecule has 0 aliphatic carbocycles. The minimum atomic E-state index is -4.67. The Morgan fingerprint density at radius 2 is 2.03 bits per heavy atom. The first kappa shape index (κ1) is 23.8. The van der Waals surface area contributed by atoms with Gasteiger partial charge in [-0.3, -0.25) is 13.9 Å². The van der Waals surface area contributed by atoms with E-state index >= 15 is 0 Å². The number of rotatable bonds is 7. The number of anilines is 2. The van der Waals surface area contributed by atoms with Gasteiger partial charge in [0.15, 0.2) is 17.2 Å². The molecule has 11 heteroatoms. The number of alkyl halides is 3. The average molecular weight is 481 g/mol. The van der Waals surface area contributed by atoms with Crippen LogP contribution in [0.25, 0.3) is 16.9 Å². The summed E-state index contributed by atoms with van der Waals surface area (Å²) in [5.74, 6) is 2.48. The summed E-state index contributed by atoms with van der Waals surface area (Å²) in [6.07, 6.45) is 6.79. The van der Waals surface area contributed by atoms with Crippen molar-refractivity contribution >= 4 is 23.1 Å². The number of carbonyl (C=O) groups excluding carboxylic acids is 1. The molecular formula is C24H22F3N7O. The van der Waals surface area contributed by atoms with Crippen LogP contribution < -0.4 is 10.6 Å². The van der Waals surface area contributed by atoms with E-state index < -0.39 is 11.9 Å². The molecule has 0 unspecified atom stereocenters. The molecule has 0 aliphatic heterocycles. The summed E-state index contributed by atoms with van der Waals surface area (Å²) in [6.45, 7) is 4.22. The molecule has 3 heterocycles. The molecule has 3 aromatic heterocycles. The maximum atomic E-state index is 13.7. The molecule has 180 valence electrons. The molecule has 0 spiro atoms. The van der Waals surface area contributed by atoms with Crippen LogP contribution in [0.3, 0.4) is 0 Å². The Balaban J connectivity index is 1.73. The number of nitrogens with zero attached hydrogens (tertiary/aromatic N) is 5. The van der Waals surface area contributed by atoms with Gasteiger partial charge in [0.05, 0.1) is 17.5 Å².